The van der Waals surface area contributed by atoms with Crippen LogP contribution in [0.5, 0.6) is 0 Å². The Morgan fingerprint density at radius 1 is 0.773 bits per heavy atom. The quantitative estimate of drug-likeness (QED) is 0.673. The Morgan fingerprint density at radius 3 is 1.95 bits per heavy atom. The van der Waals surface area contributed by atoms with E-state index >= 15 is 0 Å². The molecule has 114 valence electrons. The largest absolute Gasteiger partial charge is 0.390 e. The van der Waals surface area contributed by atoms with Crippen molar-refractivity contribution in [2.75, 3.05) is 0 Å². The molecule has 0 saturated heterocycles. The van der Waals surface area contributed by atoms with Crippen molar-refractivity contribution < 1.29 is 10.2 Å². The second kappa shape index (κ2) is 5.41. The van der Waals surface area contributed by atoms with Crippen LogP contribution in [0.4, 0.5) is 0 Å². The molecule has 2 N–H and O–H groups in total. The van der Waals surface area contributed by atoms with Crippen LogP contribution >= 0.6 is 0 Å². The van der Waals surface area contributed by atoms with Gasteiger partial charge in [0.25, 0.3) is 0 Å². The van der Waals surface area contributed by atoms with Crippen LogP contribution < -0.4 is 0 Å². The molecule has 1 aliphatic carbocycles. The molecule has 1 aromatic heterocycles. The fraction of sp³-hybridized carbons (Fsp3) is 0.368. The van der Waals surface area contributed by atoms with Crippen molar-refractivity contribution in [1.82, 2.24) is 4.57 Å². The lowest BCUT2D eigenvalue weighted by Gasteiger charge is -2.27. The zero-order valence-corrected chi connectivity index (χ0v) is 12.5. The van der Waals surface area contributed by atoms with Gasteiger partial charge in [-0.15, -0.1) is 0 Å². The molecular formula is C19H21NO2. The number of aromatic nitrogens is 1. The van der Waals surface area contributed by atoms with E-state index in [1.54, 1.807) is 0 Å². The van der Waals surface area contributed by atoms with E-state index in [1.165, 1.54) is 10.8 Å². The molecule has 1 aliphatic rings. The number of fused-ring (bicyclic) bond motifs is 3. The molecule has 1 saturated carbocycles. The van der Waals surface area contributed by atoms with E-state index in [2.05, 4.69) is 41.0 Å². The predicted octanol–water partition coefficient (Wildman–Crippen LogP) is 3.63. The van der Waals surface area contributed by atoms with Gasteiger partial charge in [0.05, 0.1) is 12.1 Å². The van der Waals surface area contributed by atoms with Gasteiger partial charge in [-0.25, -0.2) is 0 Å². The molecule has 1 heterocycles. The second-order valence-corrected chi connectivity index (χ2v) is 6.31. The van der Waals surface area contributed by atoms with Gasteiger partial charge in [0.2, 0.25) is 0 Å². The lowest BCUT2D eigenvalue weighted by atomic mass is 10.0. The first-order valence-electron chi connectivity index (χ1n) is 8.11. The van der Waals surface area contributed by atoms with Crippen molar-refractivity contribution in [3.63, 3.8) is 0 Å². The molecule has 0 bridgehead atoms. The van der Waals surface area contributed by atoms with Gasteiger partial charge in [0.1, 0.15) is 6.10 Å². The topological polar surface area (TPSA) is 45.4 Å². The molecular weight excluding hydrogens is 274 g/mol. The minimum Gasteiger partial charge on any atom is -0.390 e. The Hall–Kier alpha value is -1.84. The highest BCUT2D eigenvalue weighted by atomic mass is 16.3. The molecule has 1 fully saturated rings. The average Bonchev–Trinajstić information content (AvgIpc) is 2.79. The van der Waals surface area contributed by atoms with Crippen LogP contribution in [0, 0.1) is 0 Å². The average molecular weight is 295 g/mol. The number of hydrogen-bond donors (Lipinski definition) is 2. The van der Waals surface area contributed by atoms with Gasteiger partial charge in [0.15, 0.2) is 0 Å². The van der Waals surface area contributed by atoms with Crippen LogP contribution in [0.2, 0.25) is 0 Å². The number of rotatable bonds is 1. The summed E-state index contributed by atoms with van der Waals surface area (Å²) in [6.45, 7) is 0. The maximum Gasteiger partial charge on any atom is 0.101 e. The molecule has 3 atom stereocenters. The number of para-hydroxylation sites is 2. The van der Waals surface area contributed by atoms with Crippen molar-refractivity contribution in [2.24, 2.45) is 0 Å². The fourth-order valence-electron chi connectivity index (χ4n) is 3.90. The van der Waals surface area contributed by atoms with E-state index in [-0.39, 0.29) is 6.04 Å². The number of nitrogens with zero attached hydrogens (tertiary/aromatic N) is 1. The minimum absolute atomic E-state index is 0.0673. The van der Waals surface area contributed by atoms with Crippen molar-refractivity contribution in [3.8, 4) is 0 Å². The third-order valence-corrected chi connectivity index (χ3v) is 4.99. The Balaban J connectivity index is 1.99. The third-order valence-electron chi connectivity index (χ3n) is 4.99. The number of aliphatic hydroxyl groups excluding tert-OH is 2. The summed E-state index contributed by atoms with van der Waals surface area (Å²) in [5.41, 5.74) is 2.28. The zero-order chi connectivity index (χ0) is 15.1. The molecule has 3 heteroatoms. The van der Waals surface area contributed by atoms with Crippen LogP contribution in [0.15, 0.2) is 48.5 Å². The fourth-order valence-corrected chi connectivity index (χ4v) is 3.90. The molecule has 3 nitrogen and oxygen atoms in total. The molecule has 0 amide bonds. The van der Waals surface area contributed by atoms with Crippen molar-refractivity contribution in [3.05, 3.63) is 48.5 Å². The van der Waals surface area contributed by atoms with Crippen molar-refractivity contribution in [1.29, 1.82) is 0 Å². The Morgan fingerprint density at radius 2 is 1.32 bits per heavy atom. The first-order valence-corrected chi connectivity index (χ1v) is 8.11. The van der Waals surface area contributed by atoms with E-state index in [0.29, 0.717) is 6.42 Å². The number of benzene rings is 2. The highest BCUT2D eigenvalue weighted by molar-refractivity contribution is 6.08. The Bertz CT molecular complexity index is 754. The summed E-state index contributed by atoms with van der Waals surface area (Å²) < 4.78 is 2.24. The van der Waals surface area contributed by atoms with E-state index in [9.17, 15) is 10.2 Å². The molecule has 0 radical (unpaired) electrons. The van der Waals surface area contributed by atoms with Gasteiger partial charge in [-0.2, -0.15) is 0 Å². The van der Waals surface area contributed by atoms with E-state index < -0.39 is 12.2 Å². The van der Waals surface area contributed by atoms with Crippen LogP contribution in [-0.2, 0) is 0 Å². The molecule has 0 spiro atoms. The monoisotopic (exact) mass is 295 g/mol. The standard InChI is InChI=1S/C19H21NO2/c21-18-12-6-5-11-17(19(18)22)20-15-9-3-1-7-13(15)14-8-2-4-10-16(14)20/h1-4,7-10,17-19,21-22H,5-6,11-12H2/t17?,18-,19+/m1/s1. The number of hydrogen-bond acceptors (Lipinski definition) is 2. The molecule has 22 heavy (non-hydrogen) atoms. The normalized spacial score (nSPS) is 26.4. The van der Waals surface area contributed by atoms with Crippen molar-refractivity contribution >= 4 is 21.8 Å². The summed E-state index contributed by atoms with van der Waals surface area (Å²) in [5, 5.41) is 23.3. The molecule has 4 rings (SSSR count). The van der Waals surface area contributed by atoms with Crippen LogP contribution in [0.1, 0.15) is 31.7 Å². The Kier molecular flexibility index (Phi) is 3.40. The third kappa shape index (κ3) is 2.04. The summed E-state index contributed by atoms with van der Waals surface area (Å²) in [6.07, 6.45) is 2.27. The van der Waals surface area contributed by atoms with E-state index in [0.717, 1.165) is 30.3 Å². The van der Waals surface area contributed by atoms with Gasteiger partial charge in [0, 0.05) is 21.8 Å². The van der Waals surface area contributed by atoms with Gasteiger partial charge in [-0.3, -0.25) is 0 Å². The predicted molar refractivity (Wildman–Crippen MR) is 89.0 cm³/mol. The van der Waals surface area contributed by atoms with Gasteiger partial charge in [-0.05, 0) is 25.0 Å². The second-order valence-electron chi connectivity index (χ2n) is 6.31. The highest BCUT2D eigenvalue weighted by Crippen LogP contribution is 2.37. The lowest BCUT2D eigenvalue weighted by Crippen LogP contribution is -2.33. The number of aliphatic hydroxyl groups is 2. The summed E-state index contributed by atoms with van der Waals surface area (Å²) in [6, 6.07) is 16.6. The summed E-state index contributed by atoms with van der Waals surface area (Å²) in [7, 11) is 0. The highest BCUT2D eigenvalue weighted by Gasteiger charge is 2.31. The first-order chi connectivity index (χ1) is 10.8. The zero-order valence-electron chi connectivity index (χ0n) is 12.5. The van der Waals surface area contributed by atoms with Gasteiger partial charge in [-0.1, -0.05) is 49.2 Å². The smallest absolute Gasteiger partial charge is 0.101 e. The Labute approximate surface area is 129 Å². The van der Waals surface area contributed by atoms with Gasteiger partial charge < -0.3 is 14.8 Å². The van der Waals surface area contributed by atoms with Crippen LogP contribution in [-0.4, -0.2) is 27.0 Å². The minimum atomic E-state index is -0.707. The molecule has 3 aromatic rings. The van der Waals surface area contributed by atoms with Crippen molar-refractivity contribution in [2.45, 2.75) is 43.9 Å². The molecule has 0 aliphatic heterocycles. The summed E-state index contributed by atoms with van der Waals surface area (Å²) in [4.78, 5) is 0. The van der Waals surface area contributed by atoms with Gasteiger partial charge >= 0.3 is 0 Å². The van der Waals surface area contributed by atoms with Crippen LogP contribution in [0.25, 0.3) is 21.8 Å². The van der Waals surface area contributed by atoms with Crippen LogP contribution in [0.3, 0.4) is 0 Å². The maximum absolute atomic E-state index is 10.6. The summed E-state index contributed by atoms with van der Waals surface area (Å²) >= 11 is 0. The molecule has 1 unspecified atom stereocenters. The first kappa shape index (κ1) is 13.8. The molecule has 2 aromatic carbocycles. The van der Waals surface area contributed by atoms with E-state index in [4.69, 9.17) is 0 Å². The van der Waals surface area contributed by atoms with E-state index in [1.807, 2.05) is 12.1 Å². The SMILES string of the molecule is O[C@@H]1CCCCC(n2c3ccccc3c3ccccc32)[C@@H]1O. The summed E-state index contributed by atoms with van der Waals surface area (Å²) in [5.74, 6) is 0. The lowest BCUT2D eigenvalue weighted by molar-refractivity contribution is -0.00892. The maximum atomic E-state index is 10.6.